The van der Waals surface area contributed by atoms with Gasteiger partial charge >= 0.3 is 0 Å². The summed E-state index contributed by atoms with van der Waals surface area (Å²) in [5.74, 6) is 0. The van der Waals surface area contributed by atoms with E-state index in [9.17, 15) is 10.1 Å². The second-order valence-electron chi connectivity index (χ2n) is 1.72. The van der Waals surface area contributed by atoms with Gasteiger partial charge in [-0.1, -0.05) is 23.1 Å². The van der Waals surface area contributed by atoms with E-state index < -0.39 is 4.92 Å². The maximum absolute atomic E-state index is 10.2. The second kappa shape index (κ2) is 4.44. The molecule has 0 unspecified atom stereocenters. The first-order valence-corrected chi connectivity index (χ1v) is 3.03. The van der Waals surface area contributed by atoms with Crippen LogP contribution in [0.3, 0.4) is 0 Å². The van der Waals surface area contributed by atoms with Crippen LogP contribution in [0.1, 0.15) is 0 Å². The Kier molecular flexibility index (Phi) is 4.26. The number of nitro groups is 1. The van der Waals surface area contributed by atoms with Crippen LogP contribution in [0, 0.1) is 10.1 Å². The van der Waals surface area contributed by atoms with Gasteiger partial charge in [-0.3, -0.25) is 10.1 Å². The van der Waals surface area contributed by atoms with Crippen molar-refractivity contribution < 1.29 is 26.6 Å². The fourth-order valence-electron chi connectivity index (χ4n) is 0.608. The molecule has 0 atom stereocenters. The first-order valence-electron chi connectivity index (χ1n) is 2.62. The second-order valence-corrected chi connectivity index (χ2v) is 2.16. The molecule has 0 aliphatic rings. The van der Waals surface area contributed by atoms with Crippen LogP contribution in [0.25, 0.3) is 0 Å². The van der Waals surface area contributed by atoms with Crippen LogP contribution in [0.4, 0.5) is 5.69 Å². The Labute approximate surface area is 84.2 Å². The minimum absolute atomic E-state index is 0. The van der Waals surface area contributed by atoms with Crippen molar-refractivity contribution in [2.45, 2.75) is 4.90 Å². The van der Waals surface area contributed by atoms with Crippen molar-refractivity contribution >= 4 is 18.3 Å². The molecule has 5 heteroatoms. The summed E-state index contributed by atoms with van der Waals surface area (Å²) >= 11 is 4.69. The van der Waals surface area contributed by atoms with Crippen molar-refractivity contribution in [2.24, 2.45) is 0 Å². The van der Waals surface area contributed by atoms with Crippen molar-refractivity contribution in [2.75, 3.05) is 0 Å². The van der Waals surface area contributed by atoms with Crippen LogP contribution in [0.5, 0.6) is 0 Å². The smallest absolute Gasteiger partial charge is 0.250 e. The van der Waals surface area contributed by atoms with Crippen molar-refractivity contribution in [3.05, 3.63) is 34.4 Å². The van der Waals surface area contributed by atoms with Crippen LogP contribution in [-0.4, -0.2) is 4.92 Å². The summed E-state index contributed by atoms with van der Waals surface area (Å²) in [5, 5.41) is 10.2. The summed E-state index contributed by atoms with van der Waals surface area (Å²) in [4.78, 5) is 9.96. The van der Waals surface area contributed by atoms with Gasteiger partial charge in [0.2, 0.25) is 5.69 Å². The van der Waals surface area contributed by atoms with Crippen LogP contribution >= 0.6 is 0 Å². The molecule has 0 heterocycles. The molecule has 0 saturated carbocycles. The van der Waals surface area contributed by atoms with Gasteiger partial charge in [0.15, 0.2) is 0 Å². The number of hydrogen-bond donors (Lipinski definition) is 0. The van der Waals surface area contributed by atoms with Crippen LogP contribution < -0.4 is 0 Å². The quantitative estimate of drug-likeness (QED) is 0.300. The van der Waals surface area contributed by atoms with E-state index in [1.807, 2.05) is 0 Å². The Hall–Kier alpha value is -0.446. The molecular formula is C6H4NO2STi-. The molecule has 56 valence electrons. The van der Waals surface area contributed by atoms with E-state index in [1.54, 1.807) is 12.1 Å². The molecule has 0 radical (unpaired) electrons. The number of benzene rings is 1. The molecule has 11 heavy (non-hydrogen) atoms. The van der Waals surface area contributed by atoms with Gasteiger partial charge in [-0.15, -0.1) is 0 Å². The zero-order chi connectivity index (χ0) is 7.56. The molecule has 0 amide bonds. The van der Waals surface area contributed by atoms with Gasteiger partial charge < -0.3 is 12.6 Å². The number of hydrogen-bond acceptors (Lipinski definition) is 3. The van der Waals surface area contributed by atoms with E-state index >= 15 is 0 Å². The van der Waals surface area contributed by atoms with Crippen LogP contribution in [0.15, 0.2) is 29.2 Å². The topological polar surface area (TPSA) is 43.1 Å². The van der Waals surface area contributed by atoms with E-state index in [0.29, 0.717) is 0 Å². The van der Waals surface area contributed by atoms with Crippen molar-refractivity contribution in [1.29, 1.82) is 0 Å². The van der Waals surface area contributed by atoms with E-state index in [1.165, 1.54) is 12.1 Å². The van der Waals surface area contributed by atoms with Crippen molar-refractivity contribution in [3.8, 4) is 0 Å². The maximum Gasteiger partial charge on any atom is 0.250 e. The molecule has 1 rings (SSSR count). The number of nitro benzene ring substituents is 1. The predicted molar refractivity (Wildman–Crippen MR) is 38.7 cm³/mol. The number of rotatable bonds is 1. The Balaban J connectivity index is 0.000001000. The van der Waals surface area contributed by atoms with E-state index in [-0.39, 0.29) is 32.3 Å². The zero-order valence-electron chi connectivity index (χ0n) is 5.48. The summed E-state index contributed by atoms with van der Waals surface area (Å²) < 4.78 is 0. The molecule has 0 fully saturated rings. The van der Waals surface area contributed by atoms with Gasteiger partial charge in [0, 0.05) is 27.8 Å². The number of nitrogens with zero attached hydrogens (tertiary/aromatic N) is 1. The monoisotopic (exact) mass is 202 g/mol. The maximum atomic E-state index is 10.2. The largest absolute Gasteiger partial charge is 0.773 e. The van der Waals surface area contributed by atoms with Gasteiger partial charge in [-0.05, 0) is 0 Å². The predicted octanol–water partition coefficient (Wildman–Crippen LogP) is 1.50. The third-order valence-corrected chi connectivity index (χ3v) is 1.41. The van der Waals surface area contributed by atoms with E-state index in [4.69, 9.17) is 0 Å². The summed E-state index contributed by atoms with van der Waals surface area (Å²) in [6.07, 6.45) is 0. The zero-order valence-corrected chi connectivity index (χ0v) is 7.86. The average molecular weight is 202 g/mol. The van der Waals surface area contributed by atoms with Gasteiger partial charge in [0.05, 0.1) is 4.92 Å². The standard InChI is InChI=1S/C6H5NO2S.Ti/c8-7(9)5-3-1-2-4-6(5)10;/h1-4,10H;/p-1. The van der Waals surface area contributed by atoms with E-state index in [0.717, 1.165) is 0 Å². The van der Waals surface area contributed by atoms with E-state index in [2.05, 4.69) is 12.6 Å². The van der Waals surface area contributed by atoms with Crippen LogP contribution in [0.2, 0.25) is 0 Å². The molecule has 0 saturated heterocycles. The SMILES string of the molecule is O=[N+]([O-])c1ccccc1[S-].[Ti]. The minimum atomic E-state index is -0.484. The Morgan fingerprint density at radius 1 is 1.36 bits per heavy atom. The average Bonchev–Trinajstić information content (AvgIpc) is 1.88. The fraction of sp³-hybridized carbons (Fsp3) is 0. The summed E-state index contributed by atoms with van der Waals surface area (Å²) in [6.45, 7) is 0. The minimum Gasteiger partial charge on any atom is -0.773 e. The molecule has 1 aromatic carbocycles. The molecule has 0 aromatic heterocycles. The normalized spacial score (nSPS) is 8.36. The van der Waals surface area contributed by atoms with Gasteiger partial charge in [-0.25, -0.2) is 0 Å². The fourth-order valence-corrected chi connectivity index (χ4v) is 0.829. The molecule has 3 nitrogen and oxygen atoms in total. The Morgan fingerprint density at radius 2 is 1.91 bits per heavy atom. The summed E-state index contributed by atoms with van der Waals surface area (Å²) in [5.41, 5.74) is -0.00231. The van der Waals surface area contributed by atoms with Gasteiger partial charge in [-0.2, -0.15) is 0 Å². The molecule has 0 aliphatic heterocycles. The first-order chi connectivity index (χ1) is 4.72. The Bertz CT molecular complexity index is 267. The first kappa shape index (κ1) is 10.6. The summed E-state index contributed by atoms with van der Waals surface area (Å²) in [6, 6.07) is 6.19. The molecule has 0 spiro atoms. The third kappa shape index (κ3) is 2.57. The summed E-state index contributed by atoms with van der Waals surface area (Å²) in [7, 11) is 0. The van der Waals surface area contributed by atoms with Crippen molar-refractivity contribution in [3.63, 3.8) is 0 Å². The molecule has 0 bridgehead atoms. The number of para-hydroxylation sites is 1. The van der Waals surface area contributed by atoms with Gasteiger partial charge in [0.1, 0.15) is 0 Å². The molecule has 1 aromatic rings. The third-order valence-electron chi connectivity index (χ3n) is 1.06. The van der Waals surface area contributed by atoms with Crippen molar-refractivity contribution in [1.82, 2.24) is 0 Å². The molecule has 0 N–H and O–H groups in total. The molecular weight excluding hydrogens is 198 g/mol. The molecule has 0 aliphatic carbocycles. The van der Waals surface area contributed by atoms with Gasteiger partial charge in [0.25, 0.3) is 0 Å². The Morgan fingerprint density at radius 3 is 2.27 bits per heavy atom. The van der Waals surface area contributed by atoms with Crippen LogP contribution in [-0.2, 0) is 34.3 Å².